The molecule has 8 rings (SSSR count). The summed E-state index contributed by atoms with van der Waals surface area (Å²) in [4.78, 5) is 15.3. The van der Waals surface area contributed by atoms with Crippen LogP contribution < -0.4 is 13.8 Å². The van der Waals surface area contributed by atoms with Crippen LogP contribution >= 0.6 is 0 Å². The highest BCUT2D eigenvalue weighted by molar-refractivity contribution is 7.84. The smallest absolute Gasteiger partial charge is 0.385 e. The quantitative estimate of drug-likeness (QED) is 0.221. The van der Waals surface area contributed by atoms with Crippen LogP contribution in [0.25, 0.3) is 11.0 Å². The van der Waals surface area contributed by atoms with Crippen LogP contribution in [0.4, 0.5) is 5.69 Å². The molecule has 0 spiro atoms. The van der Waals surface area contributed by atoms with Gasteiger partial charge in [0.2, 0.25) is 0 Å². The van der Waals surface area contributed by atoms with Crippen LogP contribution in [-0.2, 0) is 39.5 Å². The van der Waals surface area contributed by atoms with Crippen LogP contribution in [0.15, 0.2) is 78.9 Å². The van der Waals surface area contributed by atoms with Crippen LogP contribution in [0, 0.1) is 13.8 Å². The number of carbonyl (C=O) groups excluding carboxylic acids is 1. The lowest BCUT2D eigenvalue weighted by molar-refractivity contribution is -0.143. The van der Waals surface area contributed by atoms with Crippen LogP contribution in [0.1, 0.15) is 52.6 Å². The Bertz CT molecular complexity index is 2120. The van der Waals surface area contributed by atoms with Crippen molar-refractivity contribution in [2.24, 2.45) is 0 Å². The minimum atomic E-state index is -4.06. The number of benzene rings is 4. The molecule has 9 bridgehead atoms. The predicted molar refractivity (Wildman–Crippen MR) is 186 cm³/mol. The molecule has 2 unspecified atom stereocenters. The van der Waals surface area contributed by atoms with Crippen molar-refractivity contribution in [1.29, 1.82) is 0 Å². The minimum absolute atomic E-state index is 0.0943. The Kier molecular flexibility index (Phi) is 9.00. The van der Waals surface area contributed by atoms with Crippen LogP contribution in [0.5, 0.6) is 11.5 Å². The molecule has 5 aromatic rings. The fraction of sp³-hybridized carbons (Fsp3) is 0.324. The lowest BCUT2D eigenvalue weighted by Crippen LogP contribution is -2.37. The van der Waals surface area contributed by atoms with Gasteiger partial charge in [0.25, 0.3) is 0 Å². The van der Waals surface area contributed by atoms with E-state index in [0.717, 1.165) is 50.1 Å². The second-order valence-corrected chi connectivity index (χ2v) is 14.0. The number of hydrogen-bond acceptors (Lipinski definition) is 9. The van der Waals surface area contributed by atoms with Gasteiger partial charge in [-0.3, -0.25) is 4.79 Å². The summed E-state index contributed by atoms with van der Waals surface area (Å²) in [5.41, 5.74) is 7.93. The molecule has 0 fully saturated rings. The average molecular weight is 682 g/mol. The molecule has 4 aromatic carbocycles. The van der Waals surface area contributed by atoms with Gasteiger partial charge in [-0.1, -0.05) is 47.7 Å². The van der Waals surface area contributed by atoms with Gasteiger partial charge in [0, 0.05) is 36.8 Å². The van der Waals surface area contributed by atoms with Crippen molar-refractivity contribution in [2.45, 2.75) is 52.7 Å². The zero-order valence-corrected chi connectivity index (χ0v) is 28.7. The molecule has 3 aliphatic heterocycles. The monoisotopic (exact) mass is 681 g/mol. The summed E-state index contributed by atoms with van der Waals surface area (Å²) in [6.07, 6.45) is 0.115. The largest absolute Gasteiger partial charge is 0.492 e. The summed E-state index contributed by atoms with van der Waals surface area (Å²) in [6, 6.07) is 25.4. The molecule has 2 atom stereocenters. The lowest BCUT2D eigenvalue weighted by atomic mass is 9.84. The molecule has 0 radical (unpaired) electrons. The second-order valence-electron chi connectivity index (χ2n) is 12.5. The van der Waals surface area contributed by atoms with Gasteiger partial charge in [-0.15, -0.1) is 5.10 Å². The van der Waals surface area contributed by atoms with E-state index in [0.29, 0.717) is 37.7 Å². The molecule has 49 heavy (non-hydrogen) atoms. The fourth-order valence-electron chi connectivity index (χ4n) is 6.71. The zero-order valence-electron chi connectivity index (χ0n) is 27.8. The van der Waals surface area contributed by atoms with Crippen molar-refractivity contribution in [2.75, 3.05) is 31.2 Å². The number of aromatic nitrogens is 3. The number of nitrogens with zero attached hydrogens (tertiary/aromatic N) is 5. The van der Waals surface area contributed by atoms with Gasteiger partial charge in [0.1, 0.15) is 23.6 Å². The van der Waals surface area contributed by atoms with Gasteiger partial charge >= 0.3 is 16.3 Å². The first-order chi connectivity index (χ1) is 23.7. The highest BCUT2D eigenvalue weighted by Crippen LogP contribution is 2.37. The Labute approximate surface area is 286 Å². The first-order valence-electron chi connectivity index (χ1n) is 16.5. The minimum Gasteiger partial charge on any atom is -0.492 e. The van der Waals surface area contributed by atoms with E-state index in [1.165, 1.54) is 4.31 Å². The maximum absolute atomic E-state index is 13.4. The summed E-state index contributed by atoms with van der Waals surface area (Å²) in [6.45, 7) is 8.53. The topological polar surface area (TPSA) is 116 Å². The van der Waals surface area contributed by atoms with E-state index in [9.17, 15) is 13.2 Å². The van der Waals surface area contributed by atoms with E-state index in [1.807, 2.05) is 73.1 Å². The predicted octanol–water partition coefficient (Wildman–Crippen LogP) is 5.67. The van der Waals surface area contributed by atoms with Crippen molar-refractivity contribution in [3.05, 3.63) is 112 Å². The fourth-order valence-corrected chi connectivity index (χ4v) is 7.80. The van der Waals surface area contributed by atoms with Gasteiger partial charge < -0.3 is 18.6 Å². The molecule has 0 aliphatic carbocycles. The van der Waals surface area contributed by atoms with Crippen LogP contribution in [0.2, 0.25) is 0 Å². The van der Waals surface area contributed by atoms with Crippen molar-refractivity contribution in [1.82, 2.24) is 19.3 Å². The summed E-state index contributed by atoms with van der Waals surface area (Å²) >= 11 is 0. The van der Waals surface area contributed by atoms with Crippen molar-refractivity contribution >= 4 is 33.0 Å². The maximum atomic E-state index is 13.4. The molecule has 254 valence electrons. The van der Waals surface area contributed by atoms with Crippen molar-refractivity contribution in [3.8, 4) is 11.5 Å². The number of rotatable bonds is 4. The zero-order chi connectivity index (χ0) is 34.1. The van der Waals surface area contributed by atoms with Gasteiger partial charge in [0.15, 0.2) is 0 Å². The SMILES string of the molecule is CCOC(=O)CC1c2ccc(C)c(c2)CN2Cc3cc(ccc3OS2(=O)=O)OCCN(c2ccccc2)CCn2nnc3c(C)c1ccc32. The van der Waals surface area contributed by atoms with E-state index >= 15 is 0 Å². The number of carbonyl (C=O) groups is 1. The summed E-state index contributed by atoms with van der Waals surface area (Å²) in [5, 5.41) is 9.15. The molecule has 11 nitrogen and oxygen atoms in total. The Morgan fingerprint density at radius 3 is 2.57 bits per heavy atom. The molecule has 0 saturated heterocycles. The third kappa shape index (κ3) is 6.70. The summed E-state index contributed by atoms with van der Waals surface area (Å²) < 4.78 is 47.2. The third-order valence-electron chi connectivity index (χ3n) is 9.38. The lowest BCUT2D eigenvalue weighted by Gasteiger charge is -2.29. The second kappa shape index (κ2) is 13.5. The summed E-state index contributed by atoms with van der Waals surface area (Å²) in [7, 11) is -4.06. The standard InChI is InChI=1S/C37H39N5O6S/c1-4-46-36(43)22-33-27-11-10-25(2)28(20-27)23-41-24-29-21-31(12-15-35(29)48-49(41,44)45)47-19-18-40(30-8-6-5-7-9-30)16-17-42-34-14-13-32(33)26(3)37(34)38-39-42/h5-15,20-21,33H,4,16-19,22-24H2,1-3H3. The van der Waals surface area contributed by atoms with Gasteiger partial charge in [-0.05, 0) is 85.0 Å². The van der Waals surface area contributed by atoms with E-state index in [2.05, 4.69) is 27.3 Å². The number of ether oxygens (including phenoxy) is 2. The van der Waals surface area contributed by atoms with Crippen LogP contribution in [-0.4, -0.2) is 60.0 Å². The molecule has 0 amide bonds. The number of aryl methyl sites for hydroxylation is 2. The van der Waals surface area contributed by atoms with E-state index in [-0.39, 0.29) is 38.0 Å². The average Bonchev–Trinajstić information content (AvgIpc) is 3.51. The highest BCUT2D eigenvalue weighted by atomic mass is 32.2. The Hall–Kier alpha value is -4.94. The highest BCUT2D eigenvalue weighted by Gasteiger charge is 2.33. The number of fused-ring (bicyclic) bond motifs is 6. The molecule has 1 aromatic heterocycles. The molecular weight excluding hydrogens is 643 g/mol. The van der Waals surface area contributed by atoms with Crippen molar-refractivity contribution in [3.63, 3.8) is 0 Å². The number of hydrogen-bond donors (Lipinski definition) is 0. The van der Waals surface area contributed by atoms with Crippen LogP contribution in [0.3, 0.4) is 0 Å². The third-order valence-corrected chi connectivity index (χ3v) is 10.7. The molecule has 0 N–H and O–H groups in total. The number of esters is 1. The molecule has 3 aliphatic rings. The first kappa shape index (κ1) is 32.6. The Morgan fingerprint density at radius 2 is 1.76 bits per heavy atom. The number of anilines is 1. The normalized spacial score (nSPS) is 18.9. The van der Waals surface area contributed by atoms with Gasteiger partial charge in [0.05, 0.1) is 31.6 Å². The van der Waals surface area contributed by atoms with Gasteiger partial charge in [-0.25, -0.2) is 4.68 Å². The Morgan fingerprint density at radius 1 is 0.939 bits per heavy atom. The summed E-state index contributed by atoms with van der Waals surface area (Å²) in [5.74, 6) is 0.260. The molecular formula is C37H39N5O6S. The van der Waals surface area contributed by atoms with E-state index in [4.69, 9.17) is 13.7 Å². The molecule has 12 heteroatoms. The van der Waals surface area contributed by atoms with E-state index < -0.39 is 10.3 Å². The first-order valence-corrected chi connectivity index (χ1v) is 17.9. The number of para-hydroxylation sites is 1. The molecule has 0 saturated carbocycles. The van der Waals surface area contributed by atoms with Crippen molar-refractivity contribution < 1.29 is 26.9 Å². The van der Waals surface area contributed by atoms with Gasteiger partial charge in [-0.2, -0.15) is 12.7 Å². The maximum Gasteiger partial charge on any atom is 0.385 e. The Balaban J connectivity index is 1.34. The van der Waals surface area contributed by atoms with E-state index in [1.54, 1.807) is 19.1 Å². The molecule has 4 heterocycles.